The number of hydrogen-bond donors (Lipinski definition) is 1. The van der Waals surface area contributed by atoms with Crippen molar-refractivity contribution < 1.29 is 4.57 Å². The molecule has 0 saturated carbocycles. The van der Waals surface area contributed by atoms with Crippen LogP contribution in [-0.4, -0.2) is 9.97 Å². The van der Waals surface area contributed by atoms with Gasteiger partial charge in [0, 0.05) is 6.07 Å². The molecule has 0 atom stereocenters. The van der Waals surface area contributed by atoms with Crippen molar-refractivity contribution in [3.8, 4) is 11.4 Å². The van der Waals surface area contributed by atoms with E-state index in [1.54, 1.807) is 0 Å². The number of nitrogens with one attached hydrogen (secondary N) is 1. The molecule has 0 amide bonds. The Morgan fingerprint density at radius 3 is 3.00 bits per heavy atom. The number of aromatic amines is 1. The molecule has 3 rings (SSSR count). The lowest BCUT2D eigenvalue weighted by Crippen LogP contribution is -2.30. The Balaban J connectivity index is 2.13. The first-order valence-electron chi connectivity index (χ1n) is 6.22. The molecule has 1 N–H and O–H groups in total. The summed E-state index contributed by atoms with van der Waals surface area (Å²) < 4.78 is 2.15. The zero-order valence-corrected chi connectivity index (χ0v) is 10.6. The van der Waals surface area contributed by atoms with Crippen molar-refractivity contribution in [1.29, 1.82) is 0 Å². The van der Waals surface area contributed by atoms with Gasteiger partial charge in [-0.25, -0.2) is 9.55 Å². The summed E-state index contributed by atoms with van der Waals surface area (Å²) in [7, 11) is 0. The molecule has 90 valence electrons. The molecule has 0 aliphatic heterocycles. The Kier molecular flexibility index (Phi) is 2.59. The summed E-state index contributed by atoms with van der Waals surface area (Å²) >= 11 is 0. The largest absolute Gasteiger partial charge is 0.338 e. The number of aryl methyl sites for hydroxylation is 2. The van der Waals surface area contributed by atoms with E-state index in [0.29, 0.717) is 0 Å². The van der Waals surface area contributed by atoms with Crippen molar-refractivity contribution in [1.82, 2.24) is 9.97 Å². The van der Waals surface area contributed by atoms with Gasteiger partial charge in [0.25, 0.3) is 0 Å². The van der Waals surface area contributed by atoms with Gasteiger partial charge in [-0.05, 0) is 37.6 Å². The molecule has 3 nitrogen and oxygen atoms in total. The Bertz CT molecular complexity index is 698. The molecule has 0 fully saturated rings. The highest BCUT2D eigenvalue weighted by atomic mass is 14.9. The number of hydrogen-bond acceptors (Lipinski definition) is 1. The summed E-state index contributed by atoms with van der Waals surface area (Å²) in [6.45, 7) is 5.19. The lowest BCUT2D eigenvalue weighted by molar-refractivity contribution is -0.693. The molecular weight excluding hydrogens is 222 g/mol. The Labute approximate surface area is 106 Å². The third kappa shape index (κ3) is 1.88. The fourth-order valence-electron chi connectivity index (χ4n) is 2.12. The molecule has 3 heteroatoms. The number of nitrogens with zero attached hydrogens (tertiary/aromatic N) is 2. The minimum Gasteiger partial charge on any atom is -0.338 e. The molecule has 1 aromatic carbocycles. The maximum Gasteiger partial charge on any atom is 0.179 e. The first-order valence-corrected chi connectivity index (χ1v) is 6.22. The van der Waals surface area contributed by atoms with E-state index in [0.717, 1.165) is 29.0 Å². The Morgan fingerprint density at radius 1 is 1.28 bits per heavy atom. The Morgan fingerprint density at radius 2 is 2.17 bits per heavy atom. The van der Waals surface area contributed by atoms with E-state index in [2.05, 4.69) is 71.1 Å². The fraction of sp³-hybridized carbons (Fsp3) is 0.200. The predicted octanol–water partition coefficient (Wildman–Crippen LogP) is 2.85. The average Bonchev–Trinajstić information content (AvgIpc) is 2.81. The van der Waals surface area contributed by atoms with Gasteiger partial charge in [-0.15, -0.1) is 0 Å². The van der Waals surface area contributed by atoms with Gasteiger partial charge in [-0.2, -0.15) is 0 Å². The molecule has 0 bridgehead atoms. The number of pyridine rings is 1. The fourth-order valence-corrected chi connectivity index (χ4v) is 2.12. The zero-order chi connectivity index (χ0) is 12.5. The van der Waals surface area contributed by atoms with Gasteiger partial charge in [-0.1, -0.05) is 6.07 Å². The van der Waals surface area contributed by atoms with Crippen LogP contribution in [-0.2, 0) is 6.54 Å². The van der Waals surface area contributed by atoms with Gasteiger partial charge in [0.1, 0.15) is 12.4 Å². The van der Waals surface area contributed by atoms with Crippen LogP contribution in [0.5, 0.6) is 0 Å². The highest BCUT2D eigenvalue weighted by Crippen LogP contribution is 2.19. The van der Waals surface area contributed by atoms with E-state index in [4.69, 9.17) is 0 Å². The summed E-state index contributed by atoms with van der Waals surface area (Å²) in [6.07, 6.45) is 4.18. The number of benzene rings is 1. The number of rotatable bonds is 2. The van der Waals surface area contributed by atoms with Crippen LogP contribution in [0.25, 0.3) is 22.4 Å². The van der Waals surface area contributed by atoms with Gasteiger partial charge in [0.15, 0.2) is 12.4 Å². The van der Waals surface area contributed by atoms with Crippen LogP contribution in [0.2, 0.25) is 0 Å². The lowest BCUT2D eigenvalue weighted by Gasteiger charge is -1.95. The Hall–Kier alpha value is -2.16. The van der Waals surface area contributed by atoms with Crippen molar-refractivity contribution in [2.24, 2.45) is 0 Å². The number of H-pyrrole nitrogens is 1. The van der Waals surface area contributed by atoms with Crippen LogP contribution in [0.4, 0.5) is 0 Å². The predicted molar refractivity (Wildman–Crippen MR) is 72.1 cm³/mol. The molecule has 3 aromatic rings. The van der Waals surface area contributed by atoms with E-state index in [9.17, 15) is 0 Å². The van der Waals surface area contributed by atoms with Crippen LogP contribution >= 0.6 is 0 Å². The van der Waals surface area contributed by atoms with Crippen molar-refractivity contribution >= 4 is 11.0 Å². The first-order chi connectivity index (χ1) is 8.76. The second kappa shape index (κ2) is 4.26. The molecule has 0 aliphatic carbocycles. The highest BCUT2D eigenvalue weighted by Gasteiger charge is 2.08. The van der Waals surface area contributed by atoms with Crippen molar-refractivity contribution in [3.63, 3.8) is 0 Å². The minimum atomic E-state index is 0.929. The van der Waals surface area contributed by atoms with Crippen LogP contribution in [0.15, 0.2) is 42.7 Å². The van der Waals surface area contributed by atoms with E-state index < -0.39 is 0 Å². The van der Waals surface area contributed by atoms with Gasteiger partial charge in [-0.3, -0.25) is 0 Å². The molecular formula is C15H16N3+. The molecule has 2 heterocycles. The third-order valence-corrected chi connectivity index (χ3v) is 3.13. The number of fused-ring (bicyclic) bond motifs is 1. The van der Waals surface area contributed by atoms with Crippen LogP contribution in [0.3, 0.4) is 0 Å². The highest BCUT2D eigenvalue weighted by molar-refractivity contribution is 5.79. The minimum absolute atomic E-state index is 0.929. The summed E-state index contributed by atoms with van der Waals surface area (Å²) in [5.74, 6) is 0.929. The average molecular weight is 238 g/mol. The second-order valence-electron chi connectivity index (χ2n) is 4.53. The van der Waals surface area contributed by atoms with E-state index in [1.807, 2.05) is 0 Å². The molecule has 0 aliphatic rings. The van der Waals surface area contributed by atoms with Gasteiger partial charge in [0.05, 0.1) is 16.6 Å². The molecule has 2 aromatic heterocycles. The lowest BCUT2D eigenvalue weighted by atomic mass is 10.2. The van der Waals surface area contributed by atoms with E-state index >= 15 is 0 Å². The molecule has 0 radical (unpaired) electrons. The van der Waals surface area contributed by atoms with E-state index in [1.165, 1.54) is 5.56 Å². The summed E-state index contributed by atoms with van der Waals surface area (Å²) in [4.78, 5) is 8.01. The normalized spacial score (nSPS) is 11.0. The molecule has 0 spiro atoms. The second-order valence-corrected chi connectivity index (χ2v) is 4.53. The summed E-state index contributed by atoms with van der Waals surface area (Å²) in [6, 6.07) is 10.4. The maximum atomic E-state index is 4.63. The number of aromatic nitrogens is 3. The third-order valence-electron chi connectivity index (χ3n) is 3.13. The van der Waals surface area contributed by atoms with Crippen molar-refractivity contribution in [2.75, 3.05) is 0 Å². The molecule has 18 heavy (non-hydrogen) atoms. The first kappa shape index (κ1) is 11.0. The number of imidazole rings is 1. The van der Waals surface area contributed by atoms with Crippen LogP contribution in [0, 0.1) is 6.92 Å². The van der Waals surface area contributed by atoms with Gasteiger partial charge in [0.2, 0.25) is 0 Å². The molecule has 0 saturated heterocycles. The van der Waals surface area contributed by atoms with Crippen LogP contribution < -0.4 is 4.57 Å². The summed E-state index contributed by atoms with van der Waals surface area (Å²) in [5.41, 5.74) is 4.47. The standard InChI is InChI=1S/C15H16N3/c1-3-18-8-4-5-12(10-18)15-16-13-7-6-11(2)9-14(13)17-15/h4-10H,3H2,1-2H3,(H,16,17)/q+1. The topological polar surface area (TPSA) is 32.6 Å². The SMILES string of the molecule is CC[n+]1cccc(-c2nc3ccc(C)cc3[nH]2)c1. The smallest absolute Gasteiger partial charge is 0.179 e. The van der Waals surface area contributed by atoms with Crippen molar-refractivity contribution in [2.45, 2.75) is 20.4 Å². The summed E-state index contributed by atoms with van der Waals surface area (Å²) in [5, 5.41) is 0. The maximum absolute atomic E-state index is 4.63. The van der Waals surface area contributed by atoms with Crippen molar-refractivity contribution in [3.05, 3.63) is 48.3 Å². The zero-order valence-electron chi connectivity index (χ0n) is 10.6. The quantitative estimate of drug-likeness (QED) is 0.684. The molecule has 0 unspecified atom stereocenters. The van der Waals surface area contributed by atoms with Gasteiger partial charge >= 0.3 is 0 Å². The monoisotopic (exact) mass is 238 g/mol. The van der Waals surface area contributed by atoms with Gasteiger partial charge < -0.3 is 4.98 Å². The van der Waals surface area contributed by atoms with Crippen LogP contribution in [0.1, 0.15) is 12.5 Å². The van der Waals surface area contributed by atoms with E-state index in [-0.39, 0.29) is 0 Å².